The Kier molecular flexibility index (Phi) is 40.5. The van der Waals surface area contributed by atoms with Crippen LogP contribution < -0.4 is 37.2 Å². The van der Waals surface area contributed by atoms with Gasteiger partial charge < -0.3 is 72.7 Å². The van der Waals surface area contributed by atoms with Gasteiger partial charge in [0.2, 0.25) is 35.4 Å². The van der Waals surface area contributed by atoms with Crippen molar-refractivity contribution >= 4 is 76.5 Å². The molecule has 29 nitrogen and oxygen atoms in total. The summed E-state index contributed by atoms with van der Waals surface area (Å²) in [6.45, 7) is 3.98. The number of carbonyl (C=O) groups is 13. The molecule has 6 amide bonds. The summed E-state index contributed by atoms with van der Waals surface area (Å²) in [6.07, 6.45) is 18.6. The van der Waals surface area contributed by atoms with Crippen LogP contribution in [0.2, 0.25) is 0 Å². The van der Waals surface area contributed by atoms with E-state index >= 15 is 0 Å². The number of carboxylic acids is 3. The van der Waals surface area contributed by atoms with Crippen molar-refractivity contribution < 1.29 is 87.9 Å². The van der Waals surface area contributed by atoms with E-state index in [2.05, 4.69) is 57.2 Å². The summed E-state index contributed by atoms with van der Waals surface area (Å²) in [7, 11) is 0. The molecule has 29 heteroatoms. The molecule has 0 radical (unpaired) electrons. The zero-order valence-corrected chi connectivity index (χ0v) is 54.6. The normalized spacial score (nSPS) is 13.6. The first-order chi connectivity index (χ1) is 44.2. The maximum absolute atomic E-state index is 13.9. The topological polar surface area (TPSA) is 465 Å². The van der Waals surface area contributed by atoms with Crippen LogP contribution >= 0.6 is 0 Å². The number of rotatable bonds is 56. The first-order valence-corrected chi connectivity index (χ1v) is 32.7. The Labute approximate surface area is 543 Å². The van der Waals surface area contributed by atoms with Crippen LogP contribution in [0.3, 0.4) is 0 Å². The van der Waals surface area contributed by atoms with Crippen LogP contribution in [0.15, 0.2) is 25.0 Å². The molecular weight excluding hydrogens is 1210 g/mol. The molecule has 93 heavy (non-hydrogen) atoms. The van der Waals surface area contributed by atoms with Crippen molar-refractivity contribution in [1.82, 2.24) is 57.2 Å². The third-order valence-electron chi connectivity index (χ3n) is 15.9. The minimum absolute atomic E-state index is 0.00547. The van der Waals surface area contributed by atoms with Crippen molar-refractivity contribution in [3.05, 3.63) is 36.4 Å². The van der Waals surface area contributed by atoms with Gasteiger partial charge in [-0.1, -0.05) is 83.5 Å². The third kappa shape index (κ3) is 36.9. The number of nitrogens with one attached hydrogen (secondary N) is 9. The van der Waals surface area contributed by atoms with Gasteiger partial charge in [0.25, 0.3) is 0 Å². The van der Waals surface area contributed by atoms with E-state index in [1.807, 2.05) is 0 Å². The second-order valence-corrected chi connectivity index (χ2v) is 24.5. The Morgan fingerprint density at radius 1 is 0.538 bits per heavy atom. The molecule has 0 spiro atoms. The smallest absolute Gasteiger partial charge is 0.326 e. The molecular formula is C64H103N11O18. The highest BCUT2D eigenvalue weighted by Crippen LogP contribution is 2.21. The number of hydrogen-bond acceptors (Lipinski definition) is 18. The van der Waals surface area contributed by atoms with Crippen LogP contribution in [0.1, 0.15) is 212 Å². The summed E-state index contributed by atoms with van der Waals surface area (Å²) < 4.78 is 0. The van der Waals surface area contributed by atoms with Gasteiger partial charge in [-0.3, -0.25) is 57.5 Å². The van der Waals surface area contributed by atoms with E-state index in [1.165, 1.54) is 59.4 Å². The maximum Gasteiger partial charge on any atom is 0.326 e. The lowest BCUT2D eigenvalue weighted by Gasteiger charge is -2.28. The maximum atomic E-state index is 13.9. The molecule has 0 aliphatic carbocycles. The molecule has 2 aromatic rings. The van der Waals surface area contributed by atoms with Crippen LogP contribution in [-0.4, -0.2) is 184 Å². The first-order valence-electron chi connectivity index (χ1n) is 32.7. The van der Waals surface area contributed by atoms with Gasteiger partial charge in [-0.15, -0.1) is 0 Å². The molecule has 2 aromatic heterocycles. The lowest BCUT2D eigenvalue weighted by molar-refractivity contribution is -0.145. The number of aromatic nitrogens is 4. The van der Waals surface area contributed by atoms with E-state index in [4.69, 9.17) is 5.11 Å². The van der Waals surface area contributed by atoms with Crippen molar-refractivity contribution in [3.8, 4) is 0 Å². The third-order valence-corrected chi connectivity index (χ3v) is 15.9. The summed E-state index contributed by atoms with van der Waals surface area (Å²) >= 11 is 0. The zero-order valence-electron chi connectivity index (χ0n) is 54.6. The molecule has 0 aliphatic heterocycles. The minimum Gasteiger partial charge on any atom is -0.481 e. The van der Waals surface area contributed by atoms with Crippen LogP contribution in [0.25, 0.3) is 0 Å². The Morgan fingerprint density at radius 3 is 1.61 bits per heavy atom. The van der Waals surface area contributed by atoms with E-state index in [1.54, 1.807) is 6.20 Å². The largest absolute Gasteiger partial charge is 0.481 e. The monoisotopic (exact) mass is 1310 g/mol. The molecule has 0 fully saturated rings. The number of carbonyl (C=O) groups excluding carboxylic acids is 10. The van der Waals surface area contributed by atoms with Gasteiger partial charge >= 0.3 is 17.9 Å². The van der Waals surface area contributed by atoms with Crippen molar-refractivity contribution in [2.45, 2.75) is 250 Å². The number of hydrogen-bond donors (Lipinski definition) is 14. The fourth-order valence-electron chi connectivity index (χ4n) is 10.3. The van der Waals surface area contributed by atoms with Gasteiger partial charge in [0.15, 0.2) is 17.3 Å². The number of imidazole rings is 2. The van der Waals surface area contributed by atoms with Crippen molar-refractivity contribution in [2.75, 3.05) is 26.2 Å². The number of Topliss-reactive ketones (excluding diaryl/α,β-unsaturated/α-hetero) is 4. The lowest BCUT2D eigenvalue weighted by Crippen LogP contribution is -2.58. The number of H-pyrrole nitrogens is 2. The lowest BCUT2D eigenvalue weighted by atomic mass is 9.91. The SMILES string of the molecule is CC(=O)[C@@H](NC(=O)[C@H](CCCCNC(=O)CNCC(=O)[C@H](CO)NC(=O)CC[C@H](NC(=O)CC[C@H](CC(=O)CCCCCCCCCCCCCCCCC(=O)O)C(=O)O)C(=O)O)CCC(=O)[C@H](Cc1cnc[nH]1)NC(=O)C(C)(C)NC(=O)CCc1cnc[nH]1)[C@@H](C)O. The molecule has 0 unspecified atom stereocenters. The number of aliphatic carboxylic acids is 3. The number of ketones is 4. The number of unbranched alkanes of at least 4 members (excludes halogenated alkanes) is 14. The second-order valence-electron chi connectivity index (χ2n) is 24.5. The highest BCUT2D eigenvalue weighted by atomic mass is 16.4. The Balaban J connectivity index is 1.79. The van der Waals surface area contributed by atoms with E-state index in [0.29, 0.717) is 31.4 Å². The predicted octanol–water partition coefficient (Wildman–Crippen LogP) is 3.15. The summed E-state index contributed by atoms with van der Waals surface area (Å²) in [5.41, 5.74) is -0.184. The number of nitrogens with zero attached hydrogens (tertiary/aromatic N) is 2. The standard InChI is InChI=1S/C64H103N11O18/c1-42(77)59(43(2)78)74-60(88)44(24-28-52(80)50(34-47-36-67-41-70-47)73-63(93)64(3,4)75-56(84)30-26-46-35-66-40-69-46)21-19-20-32-68-57(85)38-65-37-53(81)51(39-76)72-55(83)31-27-49(62(91)92)71-54(82)29-25-45(61(89)90)33-48(79)22-17-15-13-11-9-7-5-6-8-10-12-14-16-18-23-58(86)87/h35-36,40-42,44-45,49-51,59,65,76-77H,5-34,37-39H2,1-4H3,(H,66,69)(H,67,70)(H,68,85)(H,71,82)(H,72,83)(H,73,93)(H,74,88)(H,75,84)(H,86,87)(H,89,90)(H,91,92)/t42-,44-,45-,49+,50+,51+,59+/m1/s1. The number of aliphatic hydroxyl groups excluding tert-OH is 2. The van der Waals surface area contributed by atoms with Crippen LogP contribution in [0.4, 0.5) is 0 Å². The fourth-order valence-corrected chi connectivity index (χ4v) is 10.3. The van der Waals surface area contributed by atoms with Gasteiger partial charge in [-0.25, -0.2) is 14.8 Å². The van der Waals surface area contributed by atoms with Crippen LogP contribution in [0, 0.1) is 11.8 Å². The Bertz CT molecular complexity index is 2650. The summed E-state index contributed by atoms with van der Waals surface area (Å²) in [5.74, 6) is -11.3. The molecule has 0 saturated carbocycles. The number of aryl methyl sites for hydroxylation is 1. The first kappa shape index (κ1) is 81.3. The van der Waals surface area contributed by atoms with Gasteiger partial charge in [-0.2, -0.15) is 0 Å². The molecule has 0 aromatic carbocycles. The Morgan fingerprint density at radius 2 is 1.09 bits per heavy atom. The van der Waals surface area contributed by atoms with Crippen molar-refractivity contribution in [2.24, 2.45) is 11.8 Å². The van der Waals surface area contributed by atoms with Gasteiger partial charge in [-0.05, 0) is 79.1 Å². The zero-order chi connectivity index (χ0) is 69.1. The molecule has 0 bridgehead atoms. The van der Waals surface area contributed by atoms with Gasteiger partial charge in [0, 0.05) is 87.6 Å². The van der Waals surface area contributed by atoms with Crippen LogP contribution in [-0.2, 0) is 75.2 Å². The minimum atomic E-state index is -1.57. The molecule has 0 saturated heterocycles. The van der Waals surface area contributed by atoms with E-state index in [-0.39, 0.29) is 76.7 Å². The fraction of sp³-hybridized carbons (Fsp3) is 0.703. The molecule has 7 atom stereocenters. The number of carboxylic acid groups (broad SMARTS) is 3. The van der Waals surface area contributed by atoms with Crippen LogP contribution in [0.5, 0.6) is 0 Å². The van der Waals surface area contributed by atoms with Gasteiger partial charge in [0.1, 0.15) is 29.4 Å². The Hall–Kier alpha value is -7.79. The van der Waals surface area contributed by atoms with E-state index in [9.17, 15) is 82.8 Å². The highest BCUT2D eigenvalue weighted by Gasteiger charge is 2.35. The molecule has 2 heterocycles. The number of amides is 6. The van der Waals surface area contributed by atoms with E-state index < -0.39 is 151 Å². The molecule has 522 valence electrons. The average molecular weight is 1310 g/mol. The number of aliphatic hydroxyl groups is 2. The summed E-state index contributed by atoms with van der Waals surface area (Å²) in [4.78, 5) is 179. The van der Waals surface area contributed by atoms with Gasteiger partial charge in [0.05, 0.1) is 50.4 Å². The molecule has 0 aliphatic rings. The average Bonchev–Trinajstić information content (AvgIpc) is 1.68. The highest BCUT2D eigenvalue weighted by molar-refractivity contribution is 5.96. The second kappa shape index (κ2) is 46.3. The number of aromatic amines is 2. The van der Waals surface area contributed by atoms with Crippen molar-refractivity contribution in [1.29, 1.82) is 0 Å². The molecule has 2 rings (SSSR count). The van der Waals surface area contributed by atoms with E-state index in [0.717, 1.165) is 76.3 Å². The summed E-state index contributed by atoms with van der Waals surface area (Å²) in [5, 5.41) is 66.2. The quantitative estimate of drug-likeness (QED) is 0.0423. The summed E-state index contributed by atoms with van der Waals surface area (Å²) in [6, 6.07) is -5.35. The molecule has 14 N–H and O–H groups in total. The van der Waals surface area contributed by atoms with Crippen molar-refractivity contribution in [3.63, 3.8) is 0 Å². The predicted molar refractivity (Wildman–Crippen MR) is 339 cm³/mol.